The van der Waals surface area contributed by atoms with Crippen LogP contribution < -0.4 is 5.73 Å². The van der Waals surface area contributed by atoms with Crippen molar-refractivity contribution in [2.45, 2.75) is 0 Å². The standard InChI is InChI=1S/C10H9BrN4O/c1-15-8(10(11)13-14-15)9(16)6-2-4-7(12)5-3-6/h2-5H,12H2,1H3. The topological polar surface area (TPSA) is 73.8 Å². The van der Waals surface area contributed by atoms with Gasteiger partial charge in [-0.2, -0.15) is 0 Å². The molecule has 0 unspecified atom stereocenters. The third kappa shape index (κ3) is 1.83. The first-order valence-corrected chi connectivity index (χ1v) is 5.34. The monoisotopic (exact) mass is 280 g/mol. The minimum Gasteiger partial charge on any atom is -0.399 e. The van der Waals surface area contributed by atoms with Crippen molar-refractivity contribution in [3.8, 4) is 0 Å². The van der Waals surface area contributed by atoms with Crippen LogP contribution >= 0.6 is 15.9 Å². The zero-order chi connectivity index (χ0) is 11.7. The third-order valence-electron chi connectivity index (χ3n) is 2.17. The number of rotatable bonds is 2. The number of aryl methyl sites for hydroxylation is 1. The summed E-state index contributed by atoms with van der Waals surface area (Å²) in [5.74, 6) is -0.139. The first-order chi connectivity index (χ1) is 7.59. The number of aromatic nitrogens is 3. The molecule has 0 aliphatic rings. The summed E-state index contributed by atoms with van der Waals surface area (Å²) < 4.78 is 1.87. The first kappa shape index (κ1) is 10.8. The lowest BCUT2D eigenvalue weighted by Gasteiger charge is -2.01. The van der Waals surface area contributed by atoms with E-state index in [9.17, 15) is 4.79 Å². The molecule has 0 bridgehead atoms. The molecule has 2 aromatic rings. The van der Waals surface area contributed by atoms with Crippen molar-refractivity contribution in [2.75, 3.05) is 5.73 Å². The fraction of sp³-hybridized carbons (Fsp3) is 0.100. The van der Waals surface area contributed by atoms with Crippen LogP contribution in [0.3, 0.4) is 0 Å². The largest absolute Gasteiger partial charge is 0.399 e. The molecule has 6 heteroatoms. The minimum absolute atomic E-state index is 0.139. The van der Waals surface area contributed by atoms with Gasteiger partial charge >= 0.3 is 0 Å². The van der Waals surface area contributed by atoms with Crippen LogP contribution in [-0.4, -0.2) is 20.8 Å². The SMILES string of the molecule is Cn1nnc(Br)c1C(=O)c1ccc(N)cc1. The lowest BCUT2D eigenvalue weighted by Crippen LogP contribution is -2.08. The van der Waals surface area contributed by atoms with E-state index in [4.69, 9.17) is 5.73 Å². The van der Waals surface area contributed by atoms with Gasteiger partial charge in [0.1, 0.15) is 5.69 Å². The molecule has 2 N–H and O–H groups in total. The Morgan fingerprint density at radius 2 is 2.00 bits per heavy atom. The summed E-state index contributed by atoms with van der Waals surface area (Å²) in [5.41, 5.74) is 7.16. The Hall–Kier alpha value is -1.69. The van der Waals surface area contributed by atoms with Crippen LogP contribution in [0.15, 0.2) is 28.9 Å². The maximum absolute atomic E-state index is 12.1. The molecule has 2 rings (SSSR count). The molecule has 16 heavy (non-hydrogen) atoms. The van der Waals surface area contributed by atoms with Gasteiger partial charge in [0.15, 0.2) is 4.60 Å². The van der Waals surface area contributed by atoms with Crippen LogP contribution in [0.25, 0.3) is 0 Å². The van der Waals surface area contributed by atoms with Gasteiger partial charge in [-0.25, -0.2) is 4.68 Å². The number of carbonyl (C=O) groups is 1. The van der Waals surface area contributed by atoms with Crippen molar-refractivity contribution in [1.82, 2.24) is 15.0 Å². The van der Waals surface area contributed by atoms with E-state index in [1.165, 1.54) is 4.68 Å². The Bertz CT molecular complexity index is 513. The fourth-order valence-electron chi connectivity index (χ4n) is 1.34. The summed E-state index contributed by atoms with van der Waals surface area (Å²) in [6.45, 7) is 0. The summed E-state index contributed by atoms with van der Waals surface area (Å²) in [7, 11) is 1.67. The fourth-order valence-corrected chi connectivity index (χ4v) is 1.85. The van der Waals surface area contributed by atoms with E-state index in [-0.39, 0.29) is 5.78 Å². The second-order valence-electron chi connectivity index (χ2n) is 3.30. The zero-order valence-corrected chi connectivity index (χ0v) is 10.1. The zero-order valence-electron chi connectivity index (χ0n) is 8.51. The predicted octanol–water partition coefficient (Wildman–Crippen LogP) is 1.39. The average molecular weight is 281 g/mol. The smallest absolute Gasteiger partial charge is 0.213 e. The molecule has 0 spiro atoms. The molecule has 0 saturated carbocycles. The van der Waals surface area contributed by atoms with E-state index >= 15 is 0 Å². The quantitative estimate of drug-likeness (QED) is 0.667. The number of ketones is 1. The second kappa shape index (κ2) is 4.05. The highest BCUT2D eigenvalue weighted by Crippen LogP contribution is 2.17. The van der Waals surface area contributed by atoms with Gasteiger partial charge in [-0.15, -0.1) is 5.10 Å². The van der Waals surface area contributed by atoms with E-state index < -0.39 is 0 Å². The Morgan fingerprint density at radius 3 is 2.50 bits per heavy atom. The summed E-state index contributed by atoms with van der Waals surface area (Å²) >= 11 is 3.19. The highest BCUT2D eigenvalue weighted by Gasteiger charge is 2.18. The molecule has 0 aliphatic carbocycles. The van der Waals surface area contributed by atoms with Crippen molar-refractivity contribution in [3.63, 3.8) is 0 Å². The van der Waals surface area contributed by atoms with Gasteiger partial charge in [-0.3, -0.25) is 4.79 Å². The number of hydrogen-bond acceptors (Lipinski definition) is 4. The highest BCUT2D eigenvalue weighted by molar-refractivity contribution is 9.10. The van der Waals surface area contributed by atoms with E-state index in [2.05, 4.69) is 26.2 Å². The van der Waals surface area contributed by atoms with Gasteiger partial charge in [-0.05, 0) is 40.2 Å². The molecular formula is C10H9BrN4O. The van der Waals surface area contributed by atoms with Gasteiger partial charge in [0.05, 0.1) is 0 Å². The molecule has 5 nitrogen and oxygen atoms in total. The normalized spacial score (nSPS) is 10.4. The van der Waals surface area contributed by atoms with Gasteiger partial charge in [-0.1, -0.05) is 5.21 Å². The lowest BCUT2D eigenvalue weighted by molar-refractivity contribution is 0.102. The summed E-state index contributed by atoms with van der Waals surface area (Å²) in [5, 5.41) is 7.52. The number of halogens is 1. The molecule has 1 aromatic heterocycles. The molecule has 0 atom stereocenters. The van der Waals surface area contributed by atoms with Crippen molar-refractivity contribution in [1.29, 1.82) is 0 Å². The Labute approximate surface area is 100 Å². The maximum atomic E-state index is 12.1. The van der Waals surface area contributed by atoms with Crippen molar-refractivity contribution < 1.29 is 4.79 Å². The molecule has 0 aliphatic heterocycles. The van der Waals surface area contributed by atoms with Gasteiger partial charge in [0.25, 0.3) is 0 Å². The number of carbonyl (C=O) groups excluding carboxylic acids is 1. The number of nitrogen functional groups attached to an aromatic ring is 1. The van der Waals surface area contributed by atoms with Gasteiger partial charge < -0.3 is 5.73 Å². The lowest BCUT2D eigenvalue weighted by atomic mass is 10.1. The van der Waals surface area contributed by atoms with Gasteiger partial charge in [0.2, 0.25) is 5.78 Å². The summed E-state index contributed by atoms with van der Waals surface area (Å²) in [4.78, 5) is 12.1. The Morgan fingerprint density at radius 1 is 1.38 bits per heavy atom. The molecule has 82 valence electrons. The third-order valence-corrected chi connectivity index (χ3v) is 2.71. The van der Waals surface area contributed by atoms with E-state index in [0.29, 0.717) is 21.5 Å². The molecule has 0 fully saturated rings. The number of nitrogens with zero attached hydrogens (tertiary/aromatic N) is 3. The van der Waals surface area contributed by atoms with Crippen LogP contribution in [0.5, 0.6) is 0 Å². The van der Waals surface area contributed by atoms with Crippen LogP contribution in [0, 0.1) is 0 Å². The average Bonchev–Trinajstić information content (AvgIpc) is 2.59. The van der Waals surface area contributed by atoms with Crippen LogP contribution in [0.4, 0.5) is 5.69 Å². The second-order valence-corrected chi connectivity index (χ2v) is 4.05. The maximum Gasteiger partial charge on any atom is 0.213 e. The van der Waals surface area contributed by atoms with Crippen LogP contribution in [0.1, 0.15) is 16.1 Å². The van der Waals surface area contributed by atoms with E-state index in [1.807, 2.05) is 0 Å². The molecule has 1 heterocycles. The molecular weight excluding hydrogens is 272 g/mol. The first-order valence-electron chi connectivity index (χ1n) is 4.55. The minimum atomic E-state index is -0.139. The number of anilines is 1. The van der Waals surface area contributed by atoms with Crippen LogP contribution in [0.2, 0.25) is 0 Å². The van der Waals surface area contributed by atoms with Crippen molar-refractivity contribution in [2.24, 2.45) is 7.05 Å². The highest BCUT2D eigenvalue weighted by atomic mass is 79.9. The predicted molar refractivity (Wildman–Crippen MR) is 63.0 cm³/mol. The summed E-state index contributed by atoms with van der Waals surface area (Å²) in [6.07, 6.45) is 0. The molecule has 0 amide bonds. The van der Waals surface area contributed by atoms with E-state index in [1.54, 1.807) is 31.3 Å². The van der Waals surface area contributed by atoms with Crippen LogP contribution in [-0.2, 0) is 7.05 Å². The number of hydrogen-bond donors (Lipinski definition) is 1. The van der Waals surface area contributed by atoms with E-state index in [0.717, 1.165) is 0 Å². The molecule has 0 radical (unpaired) electrons. The number of benzene rings is 1. The van der Waals surface area contributed by atoms with Crippen molar-refractivity contribution >= 4 is 27.4 Å². The van der Waals surface area contributed by atoms with Crippen molar-refractivity contribution in [3.05, 3.63) is 40.1 Å². The summed E-state index contributed by atoms with van der Waals surface area (Å²) in [6, 6.07) is 6.73. The Kier molecular flexibility index (Phi) is 2.74. The Balaban J connectivity index is 2.43. The van der Waals surface area contributed by atoms with Gasteiger partial charge in [0, 0.05) is 18.3 Å². The number of nitrogens with two attached hydrogens (primary N) is 1. The molecule has 0 saturated heterocycles. The molecule has 1 aromatic carbocycles.